The molecule has 0 saturated heterocycles. The second kappa shape index (κ2) is 13.1. The van der Waals surface area contributed by atoms with Crippen LogP contribution in [0.3, 0.4) is 0 Å². The standard InChI is InChI=1S/C49H35N5/c1-34(16-15-19-35-17-5-2-6-18-35)49-48(50-51-54(49)39-22-9-4-10-23-39)36-28-30-38(31-29-36)53-45-27-14-12-25-41(45)43-32-46-42(33-47(43)53)40-24-11-13-26-44(40)52(46)37-20-7-3-8-21-37/h2-17,19-33H,1,18H2/b16-15-,35-19-. The van der Waals surface area contributed by atoms with Crippen LogP contribution in [0.15, 0.2) is 200 Å². The third kappa shape index (κ3) is 5.25. The smallest absolute Gasteiger partial charge is 0.121 e. The van der Waals surface area contributed by atoms with Crippen LogP contribution in [0.2, 0.25) is 0 Å². The van der Waals surface area contributed by atoms with Crippen LogP contribution >= 0.6 is 0 Å². The molecular weight excluding hydrogens is 659 g/mol. The van der Waals surface area contributed by atoms with Gasteiger partial charge in [-0.1, -0.05) is 139 Å². The second-order valence-electron chi connectivity index (χ2n) is 13.6. The van der Waals surface area contributed by atoms with Crippen molar-refractivity contribution >= 4 is 49.2 Å². The average Bonchev–Trinajstić information content (AvgIpc) is 3.92. The van der Waals surface area contributed by atoms with E-state index in [1.54, 1.807) is 0 Å². The fourth-order valence-corrected chi connectivity index (χ4v) is 7.87. The van der Waals surface area contributed by atoms with Gasteiger partial charge in [-0.2, -0.15) is 0 Å². The summed E-state index contributed by atoms with van der Waals surface area (Å²) in [5, 5.41) is 14.3. The van der Waals surface area contributed by atoms with Crippen molar-refractivity contribution in [2.75, 3.05) is 0 Å². The molecule has 9 aromatic rings. The zero-order valence-electron chi connectivity index (χ0n) is 29.5. The van der Waals surface area contributed by atoms with E-state index in [2.05, 4.69) is 173 Å². The number of hydrogen-bond donors (Lipinski definition) is 0. The fourth-order valence-electron chi connectivity index (χ4n) is 7.87. The molecule has 0 saturated carbocycles. The van der Waals surface area contributed by atoms with Crippen LogP contribution in [0.4, 0.5) is 0 Å². The molecule has 256 valence electrons. The van der Waals surface area contributed by atoms with E-state index in [1.165, 1.54) is 43.7 Å². The molecular formula is C49H35N5. The maximum Gasteiger partial charge on any atom is 0.121 e. The van der Waals surface area contributed by atoms with E-state index in [-0.39, 0.29) is 0 Å². The van der Waals surface area contributed by atoms with Crippen molar-refractivity contribution in [3.8, 4) is 28.3 Å². The molecule has 0 amide bonds. The molecule has 0 spiro atoms. The van der Waals surface area contributed by atoms with Gasteiger partial charge in [-0.05, 0) is 78.2 Å². The number of rotatable bonds is 7. The van der Waals surface area contributed by atoms with Crippen LogP contribution in [-0.2, 0) is 0 Å². The Bertz CT molecular complexity index is 3000. The highest BCUT2D eigenvalue weighted by Gasteiger charge is 2.20. The molecule has 10 rings (SSSR count). The first-order valence-electron chi connectivity index (χ1n) is 18.3. The van der Waals surface area contributed by atoms with Gasteiger partial charge in [-0.25, -0.2) is 4.68 Å². The summed E-state index contributed by atoms with van der Waals surface area (Å²) in [5.41, 5.74) is 12.6. The summed E-state index contributed by atoms with van der Waals surface area (Å²) < 4.78 is 6.65. The summed E-state index contributed by atoms with van der Waals surface area (Å²) in [6, 6.07) is 51.6. The lowest BCUT2D eigenvalue weighted by Crippen LogP contribution is -2.01. The molecule has 54 heavy (non-hydrogen) atoms. The van der Waals surface area contributed by atoms with E-state index >= 15 is 0 Å². The molecule has 5 nitrogen and oxygen atoms in total. The number of allylic oxidation sites excluding steroid dienone is 9. The largest absolute Gasteiger partial charge is 0.309 e. The topological polar surface area (TPSA) is 40.6 Å². The Hall–Kier alpha value is -7.24. The van der Waals surface area contributed by atoms with E-state index in [0.717, 1.165) is 51.5 Å². The number of para-hydroxylation sites is 4. The van der Waals surface area contributed by atoms with Crippen molar-refractivity contribution in [1.82, 2.24) is 24.1 Å². The highest BCUT2D eigenvalue weighted by atomic mass is 15.4. The molecule has 0 aliphatic heterocycles. The van der Waals surface area contributed by atoms with Crippen LogP contribution in [0.1, 0.15) is 12.1 Å². The van der Waals surface area contributed by atoms with Gasteiger partial charge in [0.15, 0.2) is 0 Å². The molecule has 0 radical (unpaired) electrons. The molecule has 6 aromatic carbocycles. The Morgan fingerprint density at radius 3 is 1.76 bits per heavy atom. The minimum atomic E-state index is 0.783. The van der Waals surface area contributed by atoms with Crippen LogP contribution < -0.4 is 0 Å². The van der Waals surface area contributed by atoms with Gasteiger partial charge in [0.05, 0.1) is 27.8 Å². The normalized spacial score (nSPS) is 13.7. The van der Waals surface area contributed by atoms with E-state index in [4.69, 9.17) is 5.10 Å². The SMILES string of the molecule is C=C(/C=C\C=C1\C=CC=CC1)c1c(-c2ccc(-n3c4ccccc4c4cc5c(cc43)c3ccccc3n5-c3ccccc3)cc2)nnn1-c1ccccc1. The van der Waals surface area contributed by atoms with Crippen molar-refractivity contribution < 1.29 is 0 Å². The van der Waals surface area contributed by atoms with Crippen molar-refractivity contribution in [2.24, 2.45) is 0 Å². The first kappa shape index (κ1) is 31.5. The summed E-state index contributed by atoms with van der Waals surface area (Å²) in [6.45, 7) is 4.49. The number of fused-ring (bicyclic) bond motifs is 6. The Morgan fingerprint density at radius 1 is 0.574 bits per heavy atom. The van der Waals surface area contributed by atoms with E-state index in [1.807, 2.05) is 41.1 Å². The lowest BCUT2D eigenvalue weighted by atomic mass is 10.0. The lowest BCUT2D eigenvalue weighted by Gasteiger charge is -2.11. The third-order valence-electron chi connectivity index (χ3n) is 10.4. The van der Waals surface area contributed by atoms with Gasteiger partial charge in [0.2, 0.25) is 0 Å². The fraction of sp³-hybridized carbons (Fsp3) is 0.0204. The van der Waals surface area contributed by atoms with E-state index in [9.17, 15) is 0 Å². The minimum absolute atomic E-state index is 0.783. The summed E-state index contributed by atoms with van der Waals surface area (Å²) in [4.78, 5) is 0. The Morgan fingerprint density at radius 2 is 1.15 bits per heavy atom. The maximum atomic E-state index is 4.74. The van der Waals surface area contributed by atoms with Crippen LogP contribution in [0.25, 0.3) is 77.5 Å². The summed E-state index contributed by atoms with van der Waals surface area (Å²) >= 11 is 0. The second-order valence-corrected chi connectivity index (χ2v) is 13.6. The van der Waals surface area contributed by atoms with Crippen molar-refractivity contribution in [2.45, 2.75) is 6.42 Å². The molecule has 0 bridgehead atoms. The van der Waals surface area contributed by atoms with Gasteiger partial charge in [-0.3, -0.25) is 0 Å². The predicted octanol–water partition coefficient (Wildman–Crippen LogP) is 12.1. The molecule has 0 atom stereocenters. The number of hydrogen-bond acceptors (Lipinski definition) is 2. The maximum absolute atomic E-state index is 4.74. The molecule has 1 aliphatic rings. The highest BCUT2D eigenvalue weighted by molar-refractivity contribution is 6.19. The summed E-state index contributed by atoms with van der Waals surface area (Å²) in [6.07, 6.45) is 15.6. The molecule has 0 unspecified atom stereocenters. The first-order valence-corrected chi connectivity index (χ1v) is 18.3. The molecule has 1 aliphatic carbocycles. The van der Waals surface area contributed by atoms with Crippen LogP contribution in [0.5, 0.6) is 0 Å². The summed E-state index contributed by atoms with van der Waals surface area (Å²) in [5.74, 6) is 0. The minimum Gasteiger partial charge on any atom is -0.309 e. The monoisotopic (exact) mass is 693 g/mol. The van der Waals surface area contributed by atoms with Gasteiger partial charge in [0, 0.05) is 38.5 Å². The zero-order valence-corrected chi connectivity index (χ0v) is 29.5. The Balaban J connectivity index is 1.11. The van der Waals surface area contributed by atoms with Crippen LogP contribution in [-0.4, -0.2) is 24.1 Å². The van der Waals surface area contributed by atoms with Gasteiger partial charge in [0.25, 0.3) is 0 Å². The number of nitrogens with zero attached hydrogens (tertiary/aromatic N) is 5. The van der Waals surface area contributed by atoms with Crippen molar-refractivity contribution in [3.63, 3.8) is 0 Å². The van der Waals surface area contributed by atoms with Crippen LogP contribution in [0, 0.1) is 0 Å². The summed E-state index contributed by atoms with van der Waals surface area (Å²) in [7, 11) is 0. The number of aromatic nitrogens is 5. The third-order valence-corrected chi connectivity index (χ3v) is 10.4. The van der Waals surface area contributed by atoms with Gasteiger partial charge in [-0.15, -0.1) is 5.10 Å². The first-order chi connectivity index (χ1) is 26.7. The highest BCUT2D eigenvalue weighted by Crippen LogP contribution is 2.40. The van der Waals surface area contributed by atoms with Gasteiger partial charge >= 0.3 is 0 Å². The quantitative estimate of drug-likeness (QED) is 0.156. The molecule has 0 fully saturated rings. The Kier molecular flexibility index (Phi) is 7.62. The Labute approximate surface area is 313 Å². The number of benzene rings is 6. The van der Waals surface area contributed by atoms with Crippen molar-refractivity contribution in [1.29, 1.82) is 0 Å². The molecule has 3 aromatic heterocycles. The molecule has 0 N–H and O–H groups in total. The van der Waals surface area contributed by atoms with E-state index < -0.39 is 0 Å². The molecule has 3 heterocycles. The van der Waals surface area contributed by atoms with Crippen molar-refractivity contribution in [3.05, 3.63) is 206 Å². The predicted molar refractivity (Wildman–Crippen MR) is 225 cm³/mol. The zero-order chi connectivity index (χ0) is 36.0. The van der Waals surface area contributed by atoms with Gasteiger partial charge in [0.1, 0.15) is 11.4 Å². The molecule has 5 heteroatoms. The average molecular weight is 694 g/mol. The van der Waals surface area contributed by atoms with Gasteiger partial charge < -0.3 is 9.13 Å². The lowest BCUT2D eigenvalue weighted by molar-refractivity contribution is 0.797. The van der Waals surface area contributed by atoms with E-state index in [0.29, 0.717) is 0 Å².